The van der Waals surface area contributed by atoms with Crippen LogP contribution in [0.1, 0.15) is 13.8 Å². The maximum absolute atomic E-state index is 12.6. The Bertz CT molecular complexity index is 653. The van der Waals surface area contributed by atoms with Gasteiger partial charge in [0.15, 0.2) is 0 Å². The number of hydrogen-bond acceptors (Lipinski definition) is 5. The van der Waals surface area contributed by atoms with Gasteiger partial charge in [-0.3, -0.25) is 0 Å². The number of nitrogens with one attached hydrogen (secondary N) is 1. The van der Waals surface area contributed by atoms with Gasteiger partial charge in [-0.2, -0.15) is 0 Å². The summed E-state index contributed by atoms with van der Waals surface area (Å²) in [6, 6.07) is 6.21. The van der Waals surface area contributed by atoms with Crippen LogP contribution in [0.4, 0.5) is 10.5 Å². The number of carbonyl (C=O) groups excluding carboxylic acids is 1. The van der Waals surface area contributed by atoms with Gasteiger partial charge >= 0.3 is 6.03 Å². The molecule has 0 radical (unpaired) electrons. The highest BCUT2D eigenvalue weighted by Crippen LogP contribution is 2.65. The number of urea groups is 1. The minimum Gasteiger partial charge on any atom is -0.322 e. The second-order valence-corrected chi connectivity index (χ2v) is 13.9. The van der Waals surface area contributed by atoms with Crippen LogP contribution in [0, 0.1) is 0 Å². The number of amides is 2. The lowest BCUT2D eigenvalue weighted by molar-refractivity contribution is 0.219. The lowest BCUT2D eigenvalue weighted by Crippen LogP contribution is -2.44. The van der Waals surface area contributed by atoms with Crippen molar-refractivity contribution in [3.05, 3.63) is 29.3 Å². The summed E-state index contributed by atoms with van der Waals surface area (Å²) in [5.74, 6) is 0. The Morgan fingerprint density at radius 3 is 2.38 bits per heavy atom. The van der Waals surface area contributed by atoms with Gasteiger partial charge in [0.05, 0.1) is 13.2 Å². The van der Waals surface area contributed by atoms with Crippen LogP contribution in [0.15, 0.2) is 24.3 Å². The van der Waals surface area contributed by atoms with Gasteiger partial charge in [-0.15, -0.1) is 0 Å². The molecule has 26 heavy (non-hydrogen) atoms. The van der Waals surface area contributed by atoms with Crippen LogP contribution < -0.4 is 5.32 Å². The molecule has 0 aliphatic rings. The molecule has 0 saturated heterocycles. The van der Waals surface area contributed by atoms with Crippen molar-refractivity contribution in [1.82, 2.24) is 4.90 Å². The Morgan fingerprint density at radius 1 is 1.35 bits per heavy atom. The van der Waals surface area contributed by atoms with Gasteiger partial charge in [0.25, 0.3) is 0 Å². The lowest BCUT2D eigenvalue weighted by Gasteiger charge is -2.35. The molecule has 0 fully saturated rings. The number of hydrogen-bond donors (Lipinski definition) is 1. The summed E-state index contributed by atoms with van der Waals surface area (Å²) < 4.78 is 9.33. The van der Waals surface area contributed by atoms with Crippen molar-refractivity contribution in [2.24, 2.45) is 0 Å². The number of nitrogens with zero attached hydrogens (tertiary/aromatic N) is 1. The van der Waals surface area contributed by atoms with Gasteiger partial charge in [-0.05, 0) is 55.2 Å². The first-order valence-corrected chi connectivity index (χ1v) is 13.1. The van der Waals surface area contributed by atoms with E-state index in [2.05, 4.69) is 5.32 Å². The minimum atomic E-state index is -2.80. The first kappa shape index (κ1) is 24.6. The van der Waals surface area contributed by atoms with Gasteiger partial charge in [0.1, 0.15) is 5.37 Å². The van der Waals surface area contributed by atoms with Crippen molar-refractivity contribution < 1.29 is 13.8 Å². The van der Waals surface area contributed by atoms with Crippen molar-refractivity contribution in [2.45, 2.75) is 23.0 Å². The van der Waals surface area contributed by atoms with E-state index in [1.54, 1.807) is 38.1 Å². The van der Waals surface area contributed by atoms with Crippen molar-refractivity contribution >= 4 is 87.0 Å². The number of carbonyl (C=O) groups is 1. The molecule has 12 heteroatoms. The molecule has 0 bridgehead atoms. The van der Waals surface area contributed by atoms with Crippen LogP contribution in [0.5, 0.6) is 0 Å². The summed E-state index contributed by atoms with van der Waals surface area (Å²) in [4.78, 5) is 13.8. The van der Waals surface area contributed by atoms with E-state index in [0.717, 1.165) is 11.4 Å². The average Bonchev–Trinajstić information content (AvgIpc) is 2.51. The third-order valence-electron chi connectivity index (χ3n) is 2.83. The molecule has 0 saturated carbocycles. The van der Waals surface area contributed by atoms with E-state index in [9.17, 15) is 4.79 Å². The van der Waals surface area contributed by atoms with Gasteiger partial charge in [-0.1, -0.05) is 52.5 Å². The molecule has 2 amide bonds. The van der Waals surface area contributed by atoms with E-state index in [-0.39, 0.29) is 0 Å². The number of halogens is 4. The molecule has 1 rings (SSSR count). The summed E-state index contributed by atoms with van der Waals surface area (Å²) >= 11 is 30.7. The highest BCUT2D eigenvalue weighted by atomic mass is 35.6. The Kier molecular flexibility index (Phi) is 10.4. The summed E-state index contributed by atoms with van der Waals surface area (Å²) in [5, 5.41) is 2.25. The van der Waals surface area contributed by atoms with E-state index < -0.39 is 20.9 Å². The van der Waals surface area contributed by atoms with E-state index >= 15 is 0 Å². The fourth-order valence-electron chi connectivity index (χ4n) is 1.77. The largest absolute Gasteiger partial charge is 0.322 e. The van der Waals surface area contributed by atoms with E-state index in [1.807, 2.05) is 0 Å². The monoisotopic (exact) mass is 498 g/mol. The highest BCUT2D eigenvalue weighted by Gasteiger charge is 2.43. The number of rotatable bonds is 8. The molecule has 1 atom stereocenters. The minimum absolute atomic E-state index is 0.343. The summed E-state index contributed by atoms with van der Waals surface area (Å²) in [5.41, 5.74) is -2.29. The molecule has 1 N–H and O–H groups in total. The van der Waals surface area contributed by atoms with Crippen molar-refractivity contribution in [3.8, 4) is 0 Å². The Hall–Kier alpha value is 0.570. The van der Waals surface area contributed by atoms with E-state index in [1.165, 1.54) is 11.9 Å². The maximum atomic E-state index is 12.6. The quantitative estimate of drug-likeness (QED) is 0.250. The molecule has 1 aromatic rings. The summed E-state index contributed by atoms with van der Waals surface area (Å²) in [7, 11) is 1.50. The Morgan fingerprint density at radius 2 is 1.92 bits per heavy atom. The topological polar surface area (TPSA) is 50.8 Å². The number of benzene rings is 1. The lowest BCUT2D eigenvalue weighted by atomic mass is 10.3. The molecule has 0 heterocycles. The molecular weight excluding hydrogens is 481 g/mol. The zero-order chi connectivity index (χ0) is 20.0. The first-order chi connectivity index (χ1) is 12.0. The summed E-state index contributed by atoms with van der Waals surface area (Å²) in [6.07, 6.45) is 0. The SMILES string of the molecule is CCOP(=S)(OCC)SC(N(C)C(=O)Nc1cccc(Cl)c1)C(Cl)(Cl)Cl. The molecule has 0 aromatic heterocycles. The molecule has 1 unspecified atom stereocenters. The number of alkyl halides is 3. The van der Waals surface area contributed by atoms with E-state index in [0.29, 0.717) is 23.9 Å². The highest BCUT2D eigenvalue weighted by molar-refractivity contribution is 8.68. The fraction of sp³-hybridized carbons (Fsp3) is 0.500. The molecular formula is C14H19Cl4N2O3PS2. The average molecular weight is 500 g/mol. The van der Waals surface area contributed by atoms with Gasteiger partial charge in [0, 0.05) is 17.8 Å². The zero-order valence-corrected chi connectivity index (χ0v) is 19.8. The second kappa shape index (κ2) is 10.9. The van der Waals surface area contributed by atoms with Crippen LogP contribution in [0.25, 0.3) is 0 Å². The smallest absolute Gasteiger partial charge is 0.322 e. The Labute approximate surface area is 182 Å². The zero-order valence-electron chi connectivity index (χ0n) is 14.2. The maximum Gasteiger partial charge on any atom is 0.322 e. The van der Waals surface area contributed by atoms with Crippen molar-refractivity contribution in [2.75, 3.05) is 25.6 Å². The van der Waals surface area contributed by atoms with Gasteiger partial charge < -0.3 is 19.3 Å². The predicted octanol–water partition coefficient (Wildman–Crippen LogP) is 6.53. The van der Waals surface area contributed by atoms with E-state index in [4.69, 9.17) is 67.3 Å². The molecule has 148 valence electrons. The number of anilines is 1. The van der Waals surface area contributed by atoms with Crippen LogP contribution >= 0.6 is 63.5 Å². The second-order valence-electron chi connectivity index (χ2n) is 4.83. The van der Waals surface area contributed by atoms with Crippen LogP contribution in [0.3, 0.4) is 0 Å². The van der Waals surface area contributed by atoms with Crippen LogP contribution in [-0.2, 0) is 20.9 Å². The standard InChI is InChI=1S/C14H19Cl4N2O3PS2/c1-4-22-24(25,23-5-2)26-12(14(16,17)18)20(3)13(21)19-11-8-6-7-10(15)9-11/h6-9,12H,4-5H2,1-3H3,(H,19,21). The third-order valence-corrected chi connectivity index (χ3v) is 9.76. The normalized spacial score (nSPS) is 13.3. The summed E-state index contributed by atoms with van der Waals surface area (Å²) in [6.45, 7) is 4.27. The van der Waals surface area contributed by atoms with Gasteiger partial charge in [0.2, 0.25) is 9.49 Å². The molecule has 0 aliphatic carbocycles. The van der Waals surface area contributed by atoms with Crippen LogP contribution in [0.2, 0.25) is 5.02 Å². The van der Waals surface area contributed by atoms with Crippen molar-refractivity contribution in [1.29, 1.82) is 0 Å². The molecule has 1 aromatic carbocycles. The van der Waals surface area contributed by atoms with Crippen LogP contribution in [-0.4, -0.2) is 40.4 Å². The molecule has 0 spiro atoms. The third kappa shape index (κ3) is 7.90. The molecule has 0 aliphatic heterocycles. The van der Waals surface area contributed by atoms with Gasteiger partial charge in [-0.25, -0.2) is 4.79 Å². The Balaban J connectivity index is 3.00. The molecule has 5 nitrogen and oxygen atoms in total. The fourth-order valence-corrected chi connectivity index (χ4v) is 8.79. The van der Waals surface area contributed by atoms with Crippen molar-refractivity contribution in [3.63, 3.8) is 0 Å². The predicted molar refractivity (Wildman–Crippen MR) is 117 cm³/mol. The first-order valence-electron chi connectivity index (χ1n) is 7.46.